The van der Waals surface area contributed by atoms with Crippen LogP contribution in [0.3, 0.4) is 0 Å². The molecular weight excluding hydrogens is 466 g/mol. The number of nitro benzene ring substituents is 1. The van der Waals surface area contributed by atoms with Gasteiger partial charge in [0, 0.05) is 67.0 Å². The smallest absolute Gasteiger partial charge is 0.269 e. The Kier molecular flexibility index (Phi) is 6.26. The highest BCUT2D eigenvalue weighted by atomic mass is 16.6. The fourth-order valence-corrected chi connectivity index (χ4v) is 7.48. The van der Waals surface area contributed by atoms with Crippen LogP contribution in [0.5, 0.6) is 0 Å². The molecule has 196 valence electrons. The summed E-state index contributed by atoms with van der Waals surface area (Å²) in [5.74, 6) is -0.886. The predicted molar refractivity (Wildman–Crippen MR) is 143 cm³/mol. The molecule has 0 radical (unpaired) electrons. The van der Waals surface area contributed by atoms with Gasteiger partial charge in [-0.25, -0.2) is 0 Å². The van der Waals surface area contributed by atoms with E-state index in [-0.39, 0.29) is 46.1 Å². The van der Waals surface area contributed by atoms with Crippen molar-refractivity contribution < 1.29 is 14.5 Å². The number of nitrogens with zero attached hydrogens (tertiary/aromatic N) is 2. The third-order valence-corrected chi connectivity index (χ3v) is 8.83. The molecule has 0 amide bonds. The standard InChI is InChI=1S/C30H37N3O4/c1-29(2)13-22-27(24(34)15-29)26(19-6-5-7-21(12-19)33(36)37)28-23(14-30(3,4)16-25(28)35)32(22)20-10-8-18(17-31)9-11-20/h5-12,22-23,26-28H,13-17,31H2,1-4H3. The molecule has 3 fully saturated rings. The number of rotatable bonds is 4. The van der Waals surface area contributed by atoms with Crippen LogP contribution in [0.4, 0.5) is 11.4 Å². The molecule has 5 rings (SSSR count). The fraction of sp³-hybridized carbons (Fsp3) is 0.533. The molecule has 4 atom stereocenters. The summed E-state index contributed by atoms with van der Waals surface area (Å²) in [6.45, 7) is 9.01. The van der Waals surface area contributed by atoms with Crippen molar-refractivity contribution in [3.05, 3.63) is 69.8 Å². The highest BCUT2D eigenvalue weighted by Gasteiger charge is 2.59. The molecule has 1 saturated heterocycles. The largest absolute Gasteiger partial charge is 0.364 e. The minimum absolute atomic E-state index is 0.00224. The average Bonchev–Trinajstić information content (AvgIpc) is 2.81. The van der Waals surface area contributed by atoms with Crippen molar-refractivity contribution in [1.82, 2.24) is 0 Å². The van der Waals surface area contributed by atoms with Crippen LogP contribution in [0, 0.1) is 32.8 Å². The summed E-state index contributed by atoms with van der Waals surface area (Å²) in [5.41, 5.74) is 8.28. The van der Waals surface area contributed by atoms with Gasteiger partial charge in [0.05, 0.1) is 4.92 Å². The average molecular weight is 504 g/mol. The number of carbonyl (C=O) groups excluding carboxylic acids is 2. The van der Waals surface area contributed by atoms with Crippen molar-refractivity contribution in [2.45, 2.75) is 77.9 Å². The van der Waals surface area contributed by atoms with Gasteiger partial charge in [-0.05, 0) is 46.9 Å². The van der Waals surface area contributed by atoms with E-state index in [0.717, 1.165) is 29.7 Å². The number of hydrogen-bond donors (Lipinski definition) is 1. The fourth-order valence-electron chi connectivity index (χ4n) is 7.48. The molecule has 4 unspecified atom stereocenters. The molecule has 7 nitrogen and oxygen atoms in total. The summed E-state index contributed by atoms with van der Waals surface area (Å²) in [5, 5.41) is 11.6. The van der Waals surface area contributed by atoms with Crippen LogP contribution in [-0.2, 0) is 16.1 Å². The summed E-state index contributed by atoms with van der Waals surface area (Å²) in [6.07, 6.45) is 2.50. The quantitative estimate of drug-likeness (QED) is 0.442. The van der Waals surface area contributed by atoms with Crippen LogP contribution in [-0.4, -0.2) is 28.6 Å². The topological polar surface area (TPSA) is 107 Å². The molecule has 0 aromatic heterocycles. The third kappa shape index (κ3) is 4.58. The van der Waals surface area contributed by atoms with Gasteiger partial charge >= 0.3 is 0 Å². The second-order valence-corrected chi connectivity index (χ2v) is 12.9. The molecule has 7 heteroatoms. The number of anilines is 1. The number of ketones is 2. The second-order valence-electron chi connectivity index (χ2n) is 12.9. The molecule has 2 N–H and O–H groups in total. The number of hydrogen-bond acceptors (Lipinski definition) is 6. The Labute approximate surface area is 218 Å². The predicted octanol–water partition coefficient (Wildman–Crippen LogP) is 5.41. The molecule has 1 aliphatic heterocycles. The van der Waals surface area contributed by atoms with E-state index < -0.39 is 16.8 Å². The number of nitrogens with two attached hydrogens (primary N) is 1. The molecule has 3 aliphatic rings. The Morgan fingerprint density at radius 1 is 0.892 bits per heavy atom. The van der Waals surface area contributed by atoms with Crippen molar-refractivity contribution in [2.24, 2.45) is 28.4 Å². The number of piperidine rings is 1. The van der Waals surface area contributed by atoms with E-state index in [1.807, 2.05) is 18.2 Å². The first-order valence-corrected chi connectivity index (χ1v) is 13.3. The number of Topliss-reactive ketones (excluding diaryl/α,β-unsaturated/α-hetero) is 2. The van der Waals surface area contributed by atoms with Gasteiger partial charge < -0.3 is 10.6 Å². The summed E-state index contributed by atoms with van der Waals surface area (Å²) in [6, 6.07) is 14.6. The lowest BCUT2D eigenvalue weighted by molar-refractivity contribution is -0.385. The van der Waals surface area contributed by atoms with Gasteiger partial charge in [0.2, 0.25) is 0 Å². The monoisotopic (exact) mass is 503 g/mol. The Bertz CT molecular complexity index is 1190. The Morgan fingerprint density at radius 2 is 1.43 bits per heavy atom. The van der Waals surface area contributed by atoms with E-state index in [4.69, 9.17) is 5.73 Å². The normalized spacial score (nSPS) is 30.4. The van der Waals surface area contributed by atoms with Crippen molar-refractivity contribution in [1.29, 1.82) is 0 Å². The maximum atomic E-state index is 13.9. The van der Waals surface area contributed by atoms with Gasteiger partial charge in [0.15, 0.2) is 0 Å². The van der Waals surface area contributed by atoms with Gasteiger partial charge in [-0.15, -0.1) is 0 Å². The molecule has 0 bridgehead atoms. The molecular formula is C30H37N3O4. The number of fused-ring (bicyclic) bond motifs is 2. The lowest BCUT2D eigenvalue weighted by Gasteiger charge is -2.60. The molecule has 2 aromatic rings. The molecule has 2 aliphatic carbocycles. The van der Waals surface area contributed by atoms with E-state index in [1.165, 1.54) is 6.07 Å². The van der Waals surface area contributed by atoms with E-state index >= 15 is 0 Å². The van der Waals surface area contributed by atoms with Gasteiger partial charge in [-0.2, -0.15) is 0 Å². The van der Waals surface area contributed by atoms with Gasteiger partial charge in [-0.1, -0.05) is 52.0 Å². The van der Waals surface area contributed by atoms with Crippen LogP contribution >= 0.6 is 0 Å². The maximum Gasteiger partial charge on any atom is 0.269 e. The number of non-ortho nitro benzene ring substituents is 1. The first kappa shape index (κ1) is 25.6. The third-order valence-electron chi connectivity index (χ3n) is 8.83. The zero-order valence-electron chi connectivity index (χ0n) is 22.1. The van der Waals surface area contributed by atoms with Crippen LogP contribution in [0.15, 0.2) is 48.5 Å². The molecule has 0 spiro atoms. The van der Waals surface area contributed by atoms with Gasteiger partial charge in [-0.3, -0.25) is 19.7 Å². The molecule has 1 heterocycles. The van der Waals surface area contributed by atoms with Crippen LogP contribution in [0.2, 0.25) is 0 Å². The number of nitro groups is 1. The highest BCUT2D eigenvalue weighted by molar-refractivity contribution is 5.91. The Morgan fingerprint density at radius 3 is 1.92 bits per heavy atom. The van der Waals surface area contributed by atoms with E-state index in [9.17, 15) is 19.7 Å². The SMILES string of the molecule is CC1(C)CC(=O)C2C(c3cccc([N+](=O)[O-])c3)C3C(=O)CC(C)(C)CC3N(c3ccc(CN)cc3)C2C1. The van der Waals surface area contributed by atoms with Gasteiger partial charge in [0.25, 0.3) is 5.69 Å². The van der Waals surface area contributed by atoms with Gasteiger partial charge in [0.1, 0.15) is 11.6 Å². The van der Waals surface area contributed by atoms with Crippen molar-refractivity contribution in [3.8, 4) is 0 Å². The van der Waals surface area contributed by atoms with Crippen LogP contribution in [0.25, 0.3) is 0 Å². The number of carbonyl (C=O) groups is 2. The zero-order valence-corrected chi connectivity index (χ0v) is 22.1. The van der Waals surface area contributed by atoms with Crippen molar-refractivity contribution >= 4 is 22.9 Å². The minimum Gasteiger partial charge on any atom is -0.364 e. The van der Waals surface area contributed by atoms with Crippen LogP contribution < -0.4 is 10.6 Å². The van der Waals surface area contributed by atoms with Crippen LogP contribution in [0.1, 0.15) is 70.4 Å². The maximum absolute atomic E-state index is 13.9. The summed E-state index contributed by atoms with van der Waals surface area (Å²) < 4.78 is 0. The van der Waals surface area contributed by atoms with Crippen molar-refractivity contribution in [3.63, 3.8) is 0 Å². The minimum atomic E-state index is -0.407. The number of benzene rings is 2. The summed E-state index contributed by atoms with van der Waals surface area (Å²) in [4.78, 5) is 41.5. The first-order chi connectivity index (χ1) is 17.4. The highest BCUT2D eigenvalue weighted by Crippen LogP contribution is 2.57. The summed E-state index contributed by atoms with van der Waals surface area (Å²) >= 11 is 0. The lowest BCUT2D eigenvalue weighted by Crippen LogP contribution is -2.66. The second kappa shape index (κ2) is 9.05. The zero-order chi connectivity index (χ0) is 26.7. The summed E-state index contributed by atoms with van der Waals surface area (Å²) in [7, 11) is 0. The first-order valence-electron chi connectivity index (χ1n) is 13.3. The van der Waals surface area contributed by atoms with E-state index in [2.05, 4.69) is 44.7 Å². The van der Waals surface area contributed by atoms with Crippen molar-refractivity contribution in [2.75, 3.05) is 4.90 Å². The molecule has 37 heavy (non-hydrogen) atoms. The van der Waals surface area contributed by atoms with E-state index in [1.54, 1.807) is 12.1 Å². The Balaban J connectivity index is 1.72. The molecule has 2 aromatic carbocycles. The molecule has 2 saturated carbocycles. The lowest BCUT2D eigenvalue weighted by atomic mass is 9.53. The Hall–Kier alpha value is -3.06. The van der Waals surface area contributed by atoms with E-state index in [0.29, 0.717) is 19.4 Å².